The molecule has 1 aromatic heterocycles. The number of aromatic carboxylic acids is 1. The molecule has 0 aliphatic heterocycles. The molecular formula is C16H12BNO3. The van der Waals surface area contributed by atoms with Gasteiger partial charge in [-0.1, -0.05) is 35.8 Å². The molecule has 0 aliphatic rings. The Bertz CT molecular complexity index is 815. The first kappa shape index (κ1) is 13.3. The Kier molecular flexibility index (Phi) is 3.42. The topological polar surface area (TPSA) is 70.4 Å². The van der Waals surface area contributed by atoms with Gasteiger partial charge in [0, 0.05) is 10.9 Å². The van der Waals surface area contributed by atoms with Crippen LogP contribution in [0, 0.1) is 0 Å². The second-order valence-corrected chi connectivity index (χ2v) is 4.73. The third-order valence-electron chi connectivity index (χ3n) is 3.39. The van der Waals surface area contributed by atoms with E-state index in [1.807, 2.05) is 30.3 Å². The number of rotatable bonds is 3. The maximum Gasteiger partial charge on any atom is 0.336 e. The number of carbonyl (C=O) groups is 1. The van der Waals surface area contributed by atoms with Crippen molar-refractivity contribution < 1.29 is 14.9 Å². The molecule has 0 fully saturated rings. The molecule has 0 amide bonds. The second-order valence-electron chi connectivity index (χ2n) is 4.73. The molecule has 21 heavy (non-hydrogen) atoms. The number of aromatic nitrogens is 1. The summed E-state index contributed by atoms with van der Waals surface area (Å²) >= 11 is 0. The van der Waals surface area contributed by atoms with Crippen LogP contribution < -0.4 is 5.46 Å². The first-order valence-electron chi connectivity index (χ1n) is 6.52. The third kappa shape index (κ3) is 2.51. The molecular weight excluding hydrogens is 265 g/mol. The average Bonchev–Trinajstić information content (AvgIpc) is 2.53. The molecule has 0 radical (unpaired) electrons. The molecule has 0 saturated heterocycles. The summed E-state index contributed by atoms with van der Waals surface area (Å²) < 4.78 is 0. The molecule has 2 aromatic carbocycles. The Morgan fingerprint density at radius 3 is 2.43 bits per heavy atom. The number of nitrogens with zero attached hydrogens (tertiary/aromatic N) is 1. The lowest BCUT2D eigenvalue weighted by Crippen LogP contribution is -2.11. The van der Waals surface area contributed by atoms with E-state index in [1.54, 1.807) is 24.3 Å². The Balaban J connectivity index is 2.10. The summed E-state index contributed by atoms with van der Waals surface area (Å²) in [7, 11) is 0.00734. The monoisotopic (exact) mass is 277 g/mol. The predicted molar refractivity (Wildman–Crippen MR) is 83.1 cm³/mol. The number of benzene rings is 2. The van der Waals surface area contributed by atoms with Crippen molar-refractivity contribution >= 4 is 29.8 Å². The van der Waals surface area contributed by atoms with Crippen LogP contribution in [0.25, 0.3) is 22.2 Å². The molecule has 1 heterocycles. The molecule has 0 unspecified atom stereocenters. The molecule has 0 atom stereocenters. The third-order valence-corrected chi connectivity index (χ3v) is 3.39. The van der Waals surface area contributed by atoms with Crippen LogP contribution in [0.4, 0.5) is 0 Å². The summed E-state index contributed by atoms with van der Waals surface area (Å²) in [5, 5.41) is 18.9. The van der Waals surface area contributed by atoms with Crippen molar-refractivity contribution in [1.29, 1.82) is 0 Å². The molecule has 2 N–H and O–H groups in total. The van der Waals surface area contributed by atoms with E-state index < -0.39 is 5.97 Å². The Hall–Kier alpha value is -2.66. The van der Waals surface area contributed by atoms with Gasteiger partial charge in [0.05, 0.1) is 16.8 Å². The zero-order valence-electron chi connectivity index (χ0n) is 11.2. The molecule has 5 heteroatoms. The largest absolute Gasteiger partial charge is 0.478 e. The Morgan fingerprint density at radius 1 is 1.00 bits per heavy atom. The van der Waals surface area contributed by atoms with E-state index >= 15 is 0 Å². The molecule has 3 rings (SSSR count). The number of pyridine rings is 1. The number of carboxylic acid groups (broad SMARTS) is 1. The smallest absolute Gasteiger partial charge is 0.336 e. The van der Waals surface area contributed by atoms with Gasteiger partial charge < -0.3 is 10.1 Å². The van der Waals surface area contributed by atoms with E-state index in [-0.39, 0.29) is 13.0 Å². The highest BCUT2D eigenvalue weighted by Crippen LogP contribution is 2.22. The van der Waals surface area contributed by atoms with Crippen LogP contribution in [0.1, 0.15) is 10.4 Å². The van der Waals surface area contributed by atoms with E-state index in [0.717, 1.165) is 16.7 Å². The summed E-state index contributed by atoms with van der Waals surface area (Å²) in [6.45, 7) is 0. The zero-order chi connectivity index (χ0) is 14.8. The van der Waals surface area contributed by atoms with Crippen LogP contribution in [-0.2, 0) is 0 Å². The maximum absolute atomic E-state index is 11.2. The first-order valence-corrected chi connectivity index (χ1v) is 6.52. The number of hydrogen-bond acceptors (Lipinski definition) is 3. The number of hydrogen-bond donors (Lipinski definition) is 2. The summed E-state index contributed by atoms with van der Waals surface area (Å²) in [4.78, 5) is 15.7. The van der Waals surface area contributed by atoms with Crippen molar-refractivity contribution in [3.05, 3.63) is 60.2 Å². The van der Waals surface area contributed by atoms with Crippen molar-refractivity contribution in [3.8, 4) is 11.3 Å². The summed E-state index contributed by atoms with van der Waals surface area (Å²) in [6.07, 6.45) is 0. The summed E-state index contributed by atoms with van der Waals surface area (Å²) in [6, 6.07) is 16.1. The van der Waals surface area contributed by atoms with Crippen LogP contribution >= 0.6 is 0 Å². The van der Waals surface area contributed by atoms with Crippen LogP contribution in [-0.4, -0.2) is 28.6 Å². The highest BCUT2D eigenvalue weighted by molar-refractivity contribution is 6.45. The quantitative estimate of drug-likeness (QED) is 0.713. The van der Waals surface area contributed by atoms with Crippen LogP contribution in [0.5, 0.6) is 0 Å². The van der Waals surface area contributed by atoms with Gasteiger partial charge in [-0.15, -0.1) is 0 Å². The van der Waals surface area contributed by atoms with Crippen LogP contribution in [0.15, 0.2) is 54.6 Å². The van der Waals surface area contributed by atoms with Crippen molar-refractivity contribution in [1.82, 2.24) is 4.98 Å². The standard InChI is InChI=1S/C16H12BNO3/c19-16(20)13-2-1-3-15-12(13)8-9-14(18-15)10-4-6-11(17-21)7-5-10/h1-9,17,21H,(H,19,20). The highest BCUT2D eigenvalue weighted by atomic mass is 16.4. The van der Waals surface area contributed by atoms with Gasteiger partial charge in [-0.05, 0) is 24.3 Å². The SMILES string of the molecule is O=C(O)c1cccc2nc(-c3ccc(BO)cc3)ccc12. The number of carboxylic acids is 1. The summed E-state index contributed by atoms with van der Waals surface area (Å²) in [5.41, 5.74) is 3.44. The van der Waals surface area contributed by atoms with E-state index in [0.29, 0.717) is 10.9 Å². The molecule has 0 spiro atoms. The van der Waals surface area contributed by atoms with Gasteiger partial charge in [0.1, 0.15) is 0 Å². The molecule has 4 nitrogen and oxygen atoms in total. The zero-order valence-corrected chi connectivity index (χ0v) is 11.2. The minimum atomic E-state index is -0.956. The van der Waals surface area contributed by atoms with Crippen molar-refractivity contribution in [2.45, 2.75) is 0 Å². The molecule has 0 aliphatic carbocycles. The normalized spacial score (nSPS) is 10.5. The van der Waals surface area contributed by atoms with Crippen molar-refractivity contribution in [2.75, 3.05) is 0 Å². The lowest BCUT2D eigenvalue weighted by atomic mass is 9.88. The Morgan fingerprint density at radius 2 is 1.76 bits per heavy atom. The molecule has 0 bridgehead atoms. The average molecular weight is 277 g/mol. The second kappa shape index (κ2) is 5.38. The van der Waals surface area contributed by atoms with Gasteiger partial charge in [0.2, 0.25) is 0 Å². The fraction of sp³-hybridized carbons (Fsp3) is 0. The van der Waals surface area contributed by atoms with Crippen LogP contribution in [0.2, 0.25) is 0 Å². The lowest BCUT2D eigenvalue weighted by molar-refractivity contribution is 0.0699. The van der Waals surface area contributed by atoms with E-state index in [1.165, 1.54) is 0 Å². The molecule has 0 saturated carbocycles. The van der Waals surface area contributed by atoms with Gasteiger partial charge in [-0.25, -0.2) is 9.78 Å². The van der Waals surface area contributed by atoms with Gasteiger partial charge >= 0.3 is 13.5 Å². The van der Waals surface area contributed by atoms with E-state index in [9.17, 15) is 9.90 Å². The fourth-order valence-electron chi connectivity index (χ4n) is 2.28. The minimum absolute atomic E-state index is 0.00734. The van der Waals surface area contributed by atoms with E-state index in [2.05, 4.69) is 4.98 Å². The van der Waals surface area contributed by atoms with Gasteiger partial charge in [-0.2, -0.15) is 0 Å². The van der Waals surface area contributed by atoms with Crippen molar-refractivity contribution in [3.63, 3.8) is 0 Å². The highest BCUT2D eigenvalue weighted by Gasteiger charge is 2.09. The minimum Gasteiger partial charge on any atom is -0.478 e. The van der Waals surface area contributed by atoms with Gasteiger partial charge in [0.25, 0.3) is 0 Å². The first-order chi connectivity index (χ1) is 10.2. The molecule has 3 aromatic rings. The maximum atomic E-state index is 11.2. The lowest BCUT2D eigenvalue weighted by Gasteiger charge is -2.06. The fourth-order valence-corrected chi connectivity index (χ4v) is 2.28. The van der Waals surface area contributed by atoms with E-state index in [4.69, 9.17) is 5.02 Å². The van der Waals surface area contributed by atoms with Crippen molar-refractivity contribution in [2.24, 2.45) is 0 Å². The number of fused-ring (bicyclic) bond motifs is 1. The van der Waals surface area contributed by atoms with Gasteiger partial charge in [-0.3, -0.25) is 0 Å². The Labute approximate surface area is 122 Å². The van der Waals surface area contributed by atoms with Crippen LogP contribution in [0.3, 0.4) is 0 Å². The summed E-state index contributed by atoms with van der Waals surface area (Å²) in [5.74, 6) is -0.956. The molecule has 102 valence electrons. The van der Waals surface area contributed by atoms with Gasteiger partial charge in [0.15, 0.2) is 0 Å². The predicted octanol–water partition coefficient (Wildman–Crippen LogP) is 1.57.